The first-order chi connectivity index (χ1) is 11.9. The van der Waals surface area contributed by atoms with Crippen molar-refractivity contribution in [3.63, 3.8) is 0 Å². The molecule has 1 fully saturated rings. The number of rotatable bonds is 6. The smallest absolute Gasteiger partial charge is 0.221 e. The van der Waals surface area contributed by atoms with Gasteiger partial charge in [0, 0.05) is 31.8 Å². The van der Waals surface area contributed by atoms with Gasteiger partial charge in [0.15, 0.2) is 15.8 Å². The first kappa shape index (κ1) is 22.5. The van der Waals surface area contributed by atoms with Gasteiger partial charge in [-0.1, -0.05) is 6.07 Å². The Bertz CT molecular complexity index is 740. The third-order valence-corrected chi connectivity index (χ3v) is 5.38. The molecule has 1 amide bonds. The molecule has 1 atom stereocenters. The topological polar surface area (TPSA) is 109 Å². The Balaban J connectivity index is 0.00000338. The number of ether oxygens (including phenoxy) is 1. The van der Waals surface area contributed by atoms with E-state index < -0.39 is 9.84 Å². The zero-order valence-electron chi connectivity index (χ0n) is 14.8. The molecule has 1 saturated heterocycles. The molecular formula is C16H25IN4O4S. The Kier molecular flexibility index (Phi) is 9.13. The van der Waals surface area contributed by atoms with E-state index in [4.69, 9.17) is 4.74 Å². The van der Waals surface area contributed by atoms with E-state index >= 15 is 0 Å². The molecule has 1 aliphatic heterocycles. The highest BCUT2D eigenvalue weighted by molar-refractivity contribution is 14.0. The largest absolute Gasteiger partial charge is 0.492 e. The van der Waals surface area contributed by atoms with Crippen LogP contribution in [0.2, 0.25) is 0 Å². The van der Waals surface area contributed by atoms with Crippen LogP contribution in [0.5, 0.6) is 5.75 Å². The van der Waals surface area contributed by atoms with Gasteiger partial charge in [0.2, 0.25) is 5.91 Å². The zero-order valence-corrected chi connectivity index (χ0v) is 18.0. The quantitative estimate of drug-likeness (QED) is 0.235. The number of benzene rings is 1. The normalized spacial score (nSPS) is 18.5. The number of carbonyl (C=O) groups excluding carboxylic acids is 1. The summed E-state index contributed by atoms with van der Waals surface area (Å²) in [6.07, 6.45) is 0.593. The fourth-order valence-electron chi connectivity index (χ4n) is 2.50. The molecule has 8 nitrogen and oxygen atoms in total. The molecule has 0 bridgehead atoms. The van der Waals surface area contributed by atoms with Crippen molar-refractivity contribution in [3.8, 4) is 5.75 Å². The summed E-state index contributed by atoms with van der Waals surface area (Å²) in [4.78, 5) is 15.1. The average Bonchev–Trinajstić information content (AvgIpc) is 2.89. The second-order valence-corrected chi connectivity index (χ2v) is 8.03. The number of amides is 1. The molecule has 3 N–H and O–H groups in total. The van der Waals surface area contributed by atoms with Crippen molar-refractivity contribution in [3.05, 3.63) is 24.3 Å². The van der Waals surface area contributed by atoms with Gasteiger partial charge in [0.05, 0.1) is 18.1 Å². The van der Waals surface area contributed by atoms with Gasteiger partial charge in [0.25, 0.3) is 0 Å². The van der Waals surface area contributed by atoms with E-state index in [1.54, 1.807) is 25.2 Å². The van der Waals surface area contributed by atoms with Gasteiger partial charge in [-0.25, -0.2) is 8.42 Å². The lowest BCUT2D eigenvalue weighted by Gasteiger charge is -2.16. The minimum Gasteiger partial charge on any atom is -0.492 e. The van der Waals surface area contributed by atoms with Crippen molar-refractivity contribution in [2.45, 2.75) is 19.4 Å². The van der Waals surface area contributed by atoms with Crippen LogP contribution >= 0.6 is 24.0 Å². The second-order valence-electron chi connectivity index (χ2n) is 5.80. The maximum Gasteiger partial charge on any atom is 0.221 e. The van der Waals surface area contributed by atoms with Gasteiger partial charge < -0.3 is 20.7 Å². The molecule has 0 aliphatic carbocycles. The molecule has 1 aromatic carbocycles. The molecule has 26 heavy (non-hydrogen) atoms. The molecule has 2 rings (SSSR count). The number of guanidine groups is 1. The van der Waals surface area contributed by atoms with E-state index in [1.165, 1.54) is 6.92 Å². The van der Waals surface area contributed by atoms with E-state index in [9.17, 15) is 13.2 Å². The minimum absolute atomic E-state index is 0. The van der Waals surface area contributed by atoms with Crippen LogP contribution in [0.25, 0.3) is 0 Å². The highest BCUT2D eigenvalue weighted by Gasteiger charge is 2.28. The van der Waals surface area contributed by atoms with Crippen molar-refractivity contribution >= 4 is 51.4 Å². The molecule has 146 valence electrons. The lowest BCUT2D eigenvalue weighted by molar-refractivity contribution is -0.114. The van der Waals surface area contributed by atoms with Crippen LogP contribution in [0.1, 0.15) is 13.3 Å². The van der Waals surface area contributed by atoms with Crippen LogP contribution in [0.4, 0.5) is 5.69 Å². The zero-order chi connectivity index (χ0) is 18.3. The summed E-state index contributed by atoms with van der Waals surface area (Å²) in [6, 6.07) is 7.04. The monoisotopic (exact) mass is 496 g/mol. The van der Waals surface area contributed by atoms with Crippen molar-refractivity contribution in [1.29, 1.82) is 0 Å². The number of hydrogen-bond acceptors (Lipinski definition) is 5. The Morgan fingerprint density at radius 2 is 2.15 bits per heavy atom. The Morgan fingerprint density at radius 3 is 2.77 bits per heavy atom. The van der Waals surface area contributed by atoms with Crippen molar-refractivity contribution < 1.29 is 17.9 Å². The summed E-state index contributed by atoms with van der Waals surface area (Å²) in [5, 5.41) is 8.89. The number of nitrogens with zero attached hydrogens (tertiary/aromatic N) is 1. The standard InChI is InChI=1S/C16H24N4O4S.HI/c1-12(21)19-13-4-3-5-15(10-13)24-8-7-18-16(17-2)20-14-6-9-25(22,23)11-14;/h3-5,10,14H,6-9,11H2,1-2H3,(H,19,21)(H2,17,18,20);1H. The predicted molar refractivity (Wildman–Crippen MR) is 113 cm³/mol. The van der Waals surface area contributed by atoms with Crippen molar-refractivity contribution in [2.24, 2.45) is 4.99 Å². The summed E-state index contributed by atoms with van der Waals surface area (Å²) >= 11 is 0. The third-order valence-electron chi connectivity index (χ3n) is 3.61. The SMILES string of the molecule is CN=C(NCCOc1cccc(NC(C)=O)c1)NC1CCS(=O)(=O)C1.I. The Labute approximate surface area is 171 Å². The maximum atomic E-state index is 11.5. The first-order valence-corrected chi connectivity index (χ1v) is 9.88. The number of aliphatic imine (C=N–C) groups is 1. The lowest BCUT2D eigenvalue weighted by Crippen LogP contribution is -2.45. The number of hydrogen-bond donors (Lipinski definition) is 3. The summed E-state index contributed by atoms with van der Waals surface area (Å²) in [6.45, 7) is 2.35. The van der Waals surface area contributed by atoms with Crippen LogP contribution in [-0.4, -0.2) is 58.0 Å². The molecule has 10 heteroatoms. The van der Waals surface area contributed by atoms with Crippen LogP contribution in [0, 0.1) is 0 Å². The Morgan fingerprint density at radius 1 is 1.38 bits per heavy atom. The van der Waals surface area contributed by atoms with Gasteiger partial charge in [-0.3, -0.25) is 9.79 Å². The summed E-state index contributed by atoms with van der Waals surface area (Å²) in [5.41, 5.74) is 0.679. The lowest BCUT2D eigenvalue weighted by atomic mass is 10.3. The molecule has 1 heterocycles. The number of nitrogens with one attached hydrogen (secondary N) is 3. The highest BCUT2D eigenvalue weighted by atomic mass is 127. The summed E-state index contributed by atoms with van der Waals surface area (Å²) < 4.78 is 28.6. The molecule has 0 radical (unpaired) electrons. The highest BCUT2D eigenvalue weighted by Crippen LogP contribution is 2.17. The van der Waals surface area contributed by atoms with Crippen LogP contribution in [0.3, 0.4) is 0 Å². The maximum absolute atomic E-state index is 11.5. The minimum atomic E-state index is -2.92. The number of halogens is 1. The summed E-state index contributed by atoms with van der Waals surface area (Å²) in [5.74, 6) is 1.42. The van der Waals surface area contributed by atoms with Crippen molar-refractivity contribution in [1.82, 2.24) is 10.6 Å². The van der Waals surface area contributed by atoms with Crippen LogP contribution in [0.15, 0.2) is 29.3 Å². The third kappa shape index (κ3) is 7.77. The van der Waals surface area contributed by atoms with E-state index in [1.807, 2.05) is 6.07 Å². The van der Waals surface area contributed by atoms with Crippen molar-refractivity contribution in [2.75, 3.05) is 37.0 Å². The fourth-order valence-corrected chi connectivity index (χ4v) is 4.18. The van der Waals surface area contributed by atoms with E-state index in [2.05, 4.69) is 20.9 Å². The molecular weight excluding hydrogens is 471 g/mol. The fraction of sp³-hybridized carbons (Fsp3) is 0.500. The van der Waals surface area contributed by atoms with Gasteiger partial charge in [0.1, 0.15) is 12.4 Å². The average molecular weight is 496 g/mol. The molecule has 1 unspecified atom stereocenters. The molecule has 0 aromatic heterocycles. The molecule has 1 aliphatic rings. The Hall–Kier alpha value is -1.56. The number of sulfone groups is 1. The van der Waals surface area contributed by atoms with Crippen LogP contribution < -0.4 is 20.7 Å². The van der Waals surface area contributed by atoms with Gasteiger partial charge in [-0.15, -0.1) is 24.0 Å². The predicted octanol–water partition coefficient (Wildman–Crippen LogP) is 0.994. The van der Waals surface area contributed by atoms with E-state index in [0.717, 1.165) is 0 Å². The van der Waals surface area contributed by atoms with Gasteiger partial charge in [-0.05, 0) is 18.6 Å². The number of anilines is 1. The van der Waals surface area contributed by atoms with E-state index in [0.29, 0.717) is 37.0 Å². The first-order valence-electron chi connectivity index (χ1n) is 8.06. The molecule has 0 spiro atoms. The summed E-state index contributed by atoms with van der Waals surface area (Å²) in [7, 11) is -1.29. The molecule has 0 saturated carbocycles. The van der Waals surface area contributed by atoms with Gasteiger partial charge >= 0.3 is 0 Å². The van der Waals surface area contributed by atoms with E-state index in [-0.39, 0.29) is 47.4 Å². The van der Waals surface area contributed by atoms with Crippen LogP contribution in [-0.2, 0) is 14.6 Å². The van der Waals surface area contributed by atoms with Gasteiger partial charge in [-0.2, -0.15) is 0 Å². The second kappa shape index (κ2) is 10.6. The molecule has 1 aromatic rings. The number of carbonyl (C=O) groups is 1.